The van der Waals surface area contributed by atoms with Crippen LogP contribution in [0.5, 0.6) is 5.75 Å². The number of nitrogens with zero attached hydrogens (tertiary/aromatic N) is 2. The molecule has 3 aromatic rings. The summed E-state index contributed by atoms with van der Waals surface area (Å²) in [5, 5.41) is 12.6. The standard InChI is InChI=1S/C35H37N3O10S/c1-34(2,3)47-31(42)26-21-15-22(37(33(44)45)17-24(21)49-28(26)36-27(39)32(43)48-35(4,5)6)29(40)38-16-20-13-10-14-23(25(20)30(38)41)46-18-19-11-8-7-9-12-19/h7-14,22H,15-18H2,1-6H3,(H,36,39)(H,44,45). The predicted octanol–water partition coefficient (Wildman–Crippen LogP) is 5.15. The van der Waals surface area contributed by atoms with Crippen LogP contribution in [0.2, 0.25) is 0 Å². The molecule has 0 fully saturated rings. The third-order valence-corrected chi connectivity index (χ3v) is 8.66. The van der Waals surface area contributed by atoms with Crippen LogP contribution < -0.4 is 10.1 Å². The Balaban J connectivity index is 1.45. The molecule has 1 unspecified atom stereocenters. The molecule has 2 aliphatic heterocycles. The summed E-state index contributed by atoms with van der Waals surface area (Å²) in [5.74, 6) is -4.31. The van der Waals surface area contributed by atoms with E-state index < -0.39 is 53.0 Å². The van der Waals surface area contributed by atoms with Crippen LogP contribution in [0.4, 0.5) is 9.80 Å². The van der Waals surface area contributed by atoms with E-state index >= 15 is 0 Å². The molecule has 2 aromatic carbocycles. The van der Waals surface area contributed by atoms with Gasteiger partial charge in [0.1, 0.15) is 34.6 Å². The van der Waals surface area contributed by atoms with Crippen molar-refractivity contribution in [3.05, 3.63) is 81.2 Å². The second-order valence-corrected chi connectivity index (χ2v) is 14.7. The van der Waals surface area contributed by atoms with E-state index in [-0.39, 0.29) is 53.6 Å². The van der Waals surface area contributed by atoms with Gasteiger partial charge in [-0.15, -0.1) is 11.3 Å². The van der Waals surface area contributed by atoms with E-state index in [1.165, 1.54) is 0 Å². The third kappa shape index (κ3) is 7.75. The first kappa shape index (κ1) is 35.1. The zero-order valence-corrected chi connectivity index (χ0v) is 28.8. The van der Waals surface area contributed by atoms with Gasteiger partial charge < -0.3 is 24.6 Å². The van der Waals surface area contributed by atoms with Gasteiger partial charge in [-0.1, -0.05) is 42.5 Å². The Morgan fingerprint density at radius 1 is 0.918 bits per heavy atom. The molecule has 1 aromatic heterocycles. The number of benzene rings is 2. The SMILES string of the molecule is CC(C)(C)OC(=O)C(=O)Nc1sc2c(c1C(=O)OC(C)(C)C)CC(C(=O)N1Cc3cccc(OCc4ccccc4)c3C1=O)N(C(=O)O)C2. The third-order valence-electron chi connectivity index (χ3n) is 7.53. The molecule has 13 nitrogen and oxygen atoms in total. The fourth-order valence-corrected chi connectivity index (χ4v) is 6.71. The molecule has 1 atom stereocenters. The summed E-state index contributed by atoms with van der Waals surface area (Å²) < 4.78 is 16.7. The number of hydrogen-bond donors (Lipinski definition) is 2. The van der Waals surface area contributed by atoms with Crippen molar-refractivity contribution in [1.29, 1.82) is 0 Å². The number of amides is 4. The van der Waals surface area contributed by atoms with E-state index in [1.54, 1.807) is 59.7 Å². The number of carbonyl (C=O) groups excluding carboxylic acids is 5. The lowest BCUT2D eigenvalue weighted by atomic mass is 9.95. The Morgan fingerprint density at radius 2 is 1.59 bits per heavy atom. The Hall–Kier alpha value is -5.24. The van der Waals surface area contributed by atoms with E-state index in [1.807, 2.05) is 30.3 Å². The summed E-state index contributed by atoms with van der Waals surface area (Å²) in [5.41, 5.74) is -0.126. The molecule has 5 rings (SSSR count). The molecule has 0 bridgehead atoms. The molecular weight excluding hydrogens is 654 g/mol. The lowest BCUT2D eigenvalue weighted by Crippen LogP contribution is -2.53. The van der Waals surface area contributed by atoms with Crippen molar-refractivity contribution in [3.8, 4) is 5.75 Å². The van der Waals surface area contributed by atoms with Gasteiger partial charge in [-0.25, -0.2) is 14.4 Å². The first-order valence-electron chi connectivity index (χ1n) is 15.5. The van der Waals surface area contributed by atoms with Crippen molar-refractivity contribution >= 4 is 52.1 Å². The molecule has 0 saturated carbocycles. The van der Waals surface area contributed by atoms with Crippen LogP contribution in [0.3, 0.4) is 0 Å². The van der Waals surface area contributed by atoms with Gasteiger partial charge in [0.05, 0.1) is 24.2 Å². The van der Waals surface area contributed by atoms with Crippen LogP contribution in [0.15, 0.2) is 48.5 Å². The zero-order chi connectivity index (χ0) is 35.8. The molecule has 0 radical (unpaired) electrons. The summed E-state index contributed by atoms with van der Waals surface area (Å²) >= 11 is 0.889. The van der Waals surface area contributed by atoms with Crippen LogP contribution in [0.25, 0.3) is 0 Å². The van der Waals surface area contributed by atoms with Crippen molar-refractivity contribution in [3.63, 3.8) is 0 Å². The van der Waals surface area contributed by atoms with Gasteiger partial charge in [-0.05, 0) is 64.3 Å². The number of esters is 2. The normalized spacial score (nSPS) is 15.6. The van der Waals surface area contributed by atoms with Gasteiger partial charge in [0.25, 0.3) is 11.8 Å². The van der Waals surface area contributed by atoms with Crippen LogP contribution in [-0.4, -0.2) is 67.9 Å². The second kappa shape index (κ2) is 13.3. The first-order chi connectivity index (χ1) is 22.9. The highest BCUT2D eigenvalue weighted by molar-refractivity contribution is 7.17. The predicted molar refractivity (Wildman–Crippen MR) is 177 cm³/mol. The smallest absolute Gasteiger partial charge is 0.408 e. The lowest BCUT2D eigenvalue weighted by molar-refractivity contribution is -0.161. The number of carboxylic acid groups (broad SMARTS) is 1. The Morgan fingerprint density at radius 3 is 2.22 bits per heavy atom. The van der Waals surface area contributed by atoms with Crippen molar-refractivity contribution in [2.24, 2.45) is 0 Å². The monoisotopic (exact) mass is 691 g/mol. The van der Waals surface area contributed by atoms with Gasteiger partial charge >= 0.3 is 23.9 Å². The minimum Gasteiger partial charge on any atom is -0.488 e. The molecule has 0 spiro atoms. The average molecular weight is 692 g/mol. The molecule has 3 heterocycles. The Labute approximate surface area is 286 Å². The number of carbonyl (C=O) groups is 6. The maximum atomic E-state index is 14.1. The van der Waals surface area contributed by atoms with Gasteiger partial charge in [0.2, 0.25) is 0 Å². The zero-order valence-electron chi connectivity index (χ0n) is 27.9. The molecule has 2 aliphatic rings. The topological polar surface area (TPSA) is 169 Å². The molecule has 2 N–H and O–H groups in total. The molecule has 4 amide bonds. The van der Waals surface area contributed by atoms with Gasteiger partial charge in [0, 0.05) is 11.3 Å². The van der Waals surface area contributed by atoms with Crippen molar-refractivity contribution in [2.75, 3.05) is 5.32 Å². The van der Waals surface area contributed by atoms with Gasteiger partial charge in [0.15, 0.2) is 0 Å². The Bertz CT molecular complexity index is 1840. The fraction of sp³-hybridized carbons (Fsp3) is 0.371. The second-order valence-electron chi connectivity index (χ2n) is 13.6. The average Bonchev–Trinajstić information content (AvgIpc) is 3.54. The lowest BCUT2D eigenvalue weighted by Gasteiger charge is -2.34. The molecule has 14 heteroatoms. The van der Waals surface area contributed by atoms with E-state index in [4.69, 9.17) is 14.2 Å². The highest BCUT2D eigenvalue weighted by Gasteiger charge is 2.45. The molecule has 0 aliphatic carbocycles. The molecule has 49 heavy (non-hydrogen) atoms. The van der Waals surface area contributed by atoms with E-state index in [2.05, 4.69) is 5.32 Å². The van der Waals surface area contributed by atoms with Crippen molar-refractivity contribution < 1.29 is 48.1 Å². The van der Waals surface area contributed by atoms with E-state index in [0.717, 1.165) is 26.7 Å². The quantitative estimate of drug-likeness (QED) is 0.200. The maximum Gasteiger partial charge on any atom is 0.408 e. The number of anilines is 1. The largest absolute Gasteiger partial charge is 0.488 e. The number of rotatable bonds is 6. The summed E-state index contributed by atoms with van der Waals surface area (Å²) in [4.78, 5) is 81.5. The van der Waals surface area contributed by atoms with E-state index in [9.17, 15) is 33.9 Å². The van der Waals surface area contributed by atoms with Crippen molar-refractivity contribution in [1.82, 2.24) is 9.80 Å². The van der Waals surface area contributed by atoms with Gasteiger partial charge in [-0.3, -0.25) is 24.2 Å². The van der Waals surface area contributed by atoms with Crippen molar-refractivity contribution in [2.45, 2.75) is 84.9 Å². The summed E-state index contributed by atoms with van der Waals surface area (Å²) in [6.45, 7) is 9.47. The van der Waals surface area contributed by atoms with Crippen LogP contribution >= 0.6 is 11.3 Å². The van der Waals surface area contributed by atoms with Crippen LogP contribution in [-0.2, 0) is 50.0 Å². The number of fused-ring (bicyclic) bond motifs is 2. The summed E-state index contributed by atoms with van der Waals surface area (Å²) in [7, 11) is 0. The highest BCUT2D eigenvalue weighted by atomic mass is 32.1. The molecule has 258 valence electrons. The minimum absolute atomic E-state index is 0.0570. The first-order valence-corrected chi connectivity index (χ1v) is 16.3. The maximum absolute atomic E-state index is 14.1. The fourth-order valence-electron chi connectivity index (χ4n) is 5.50. The van der Waals surface area contributed by atoms with Crippen LogP contribution in [0, 0.1) is 0 Å². The molecule has 0 saturated heterocycles. The Kier molecular flexibility index (Phi) is 9.55. The number of hydrogen-bond acceptors (Lipinski definition) is 10. The number of thiophene rings is 1. The summed E-state index contributed by atoms with van der Waals surface area (Å²) in [6, 6.07) is 13.0. The minimum atomic E-state index is -1.42. The number of nitrogens with one attached hydrogen (secondary N) is 1. The number of ether oxygens (including phenoxy) is 3. The van der Waals surface area contributed by atoms with Gasteiger partial charge in [-0.2, -0.15) is 0 Å². The van der Waals surface area contributed by atoms with Crippen LogP contribution in [0.1, 0.15) is 83.8 Å². The van der Waals surface area contributed by atoms with E-state index in [0.29, 0.717) is 10.4 Å². The molecular formula is C35H37N3O10S. The summed E-state index contributed by atoms with van der Waals surface area (Å²) in [6.07, 6.45) is -1.72. The highest BCUT2D eigenvalue weighted by Crippen LogP contribution is 2.41. The number of imide groups is 1.